The lowest BCUT2D eigenvalue weighted by atomic mass is 10.0. The molecule has 3 atom stereocenters. The number of fused-ring (bicyclic) bond motifs is 1. The van der Waals surface area contributed by atoms with E-state index in [2.05, 4.69) is 10.1 Å². The van der Waals surface area contributed by atoms with Crippen LogP contribution in [-0.4, -0.2) is 25.1 Å². The van der Waals surface area contributed by atoms with E-state index >= 15 is 0 Å². The molecule has 1 aliphatic rings. The highest BCUT2D eigenvalue weighted by Crippen LogP contribution is 2.41. The van der Waals surface area contributed by atoms with Gasteiger partial charge in [-0.2, -0.15) is 13.8 Å². The molecule has 2 aromatic rings. The summed E-state index contributed by atoms with van der Waals surface area (Å²) in [5.74, 6) is -4.04. The van der Waals surface area contributed by atoms with Crippen LogP contribution in [-0.2, 0) is 11.2 Å². The molecular formula is C12H8ClF4N3OS. The first-order valence-corrected chi connectivity index (χ1v) is 7.71. The summed E-state index contributed by atoms with van der Waals surface area (Å²) in [4.78, 5) is 3.56. The monoisotopic (exact) mass is 353 g/mol. The Morgan fingerprint density at radius 3 is 2.82 bits per heavy atom. The van der Waals surface area contributed by atoms with Gasteiger partial charge in [-0.1, -0.05) is 11.6 Å². The van der Waals surface area contributed by atoms with Crippen LogP contribution in [0.3, 0.4) is 0 Å². The predicted molar refractivity (Wildman–Crippen MR) is 70.4 cm³/mol. The molecule has 2 heterocycles. The lowest BCUT2D eigenvalue weighted by molar-refractivity contribution is 0.233. The molecule has 1 aromatic carbocycles. The SMILES string of the molecule is [O-][S+](c1nc2n(n1)C(c1cc(Cl)ccc1F)CC2F)C(F)F. The molecule has 0 saturated heterocycles. The molecule has 0 fully saturated rings. The number of hydrogen-bond donors (Lipinski definition) is 0. The maximum Gasteiger partial charge on any atom is 0.405 e. The highest BCUT2D eigenvalue weighted by molar-refractivity contribution is 7.91. The number of alkyl halides is 3. The van der Waals surface area contributed by atoms with E-state index in [1.54, 1.807) is 0 Å². The van der Waals surface area contributed by atoms with E-state index in [1.807, 2.05) is 0 Å². The van der Waals surface area contributed by atoms with E-state index in [9.17, 15) is 22.1 Å². The quantitative estimate of drug-likeness (QED) is 0.627. The van der Waals surface area contributed by atoms with E-state index in [0.29, 0.717) is 0 Å². The van der Waals surface area contributed by atoms with Crippen LogP contribution < -0.4 is 0 Å². The highest BCUT2D eigenvalue weighted by atomic mass is 35.5. The summed E-state index contributed by atoms with van der Waals surface area (Å²) in [6, 6.07) is 2.90. The van der Waals surface area contributed by atoms with Crippen molar-refractivity contribution in [1.29, 1.82) is 0 Å². The molecule has 0 aliphatic carbocycles. The summed E-state index contributed by atoms with van der Waals surface area (Å²) in [6.45, 7) is 0. The van der Waals surface area contributed by atoms with Gasteiger partial charge in [-0.25, -0.2) is 13.5 Å². The third-order valence-corrected chi connectivity index (χ3v) is 4.39. The van der Waals surface area contributed by atoms with Gasteiger partial charge in [-0.05, 0) is 18.2 Å². The zero-order chi connectivity index (χ0) is 16.0. The van der Waals surface area contributed by atoms with Crippen molar-refractivity contribution in [3.8, 4) is 0 Å². The second-order valence-electron chi connectivity index (χ2n) is 4.64. The number of rotatable bonds is 3. The zero-order valence-corrected chi connectivity index (χ0v) is 12.3. The number of halogens is 5. The third-order valence-electron chi connectivity index (χ3n) is 3.30. The number of aromatic nitrogens is 3. The van der Waals surface area contributed by atoms with Gasteiger partial charge in [0, 0.05) is 17.0 Å². The molecule has 3 unspecified atom stereocenters. The predicted octanol–water partition coefficient (Wildman–Crippen LogP) is 3.40. The Balaban J connectivity index is 2.03. The fraction of sp³-hybridized carbons (Fsp3) is 0.333. The molecule has 0 N–H and O–H groups in total. The highest BCUT2D eigenvalue weighted by Gasteiger charge is 2.40. The van der Waals surface area contributed by atoms with Crippen LogP contribution in [0, 0.1) is 5.82 Å². The van der Waals surface area contributed by atoms with Gasteiger partial charge in [-0.15, -0.1) is 5.10 Å². The Hall–Kier alpha value is -1.32. The van der Waals surface area contributed by atoms with Gasteiger partial charge < -0.3 is 4.55 Å². The van der Waals surface area contributed by atoms with Gasteiger partial charge >= 0.3 is 10.9 Å². The largest absolute Gasteiger partial charge is 0.604 e. The minimum absolute atomic E-state index is 0.0770. The molecule has 0 amide bonds. The van der Waals surface area contributed by atoms with Crippen molar-refractivity contribution in [2.24, 2.45) is 0 Å². The average molecular weight is 354 g/mol. The van der Waals surface area contributed by atoms with Crippen molar-refractivity contribution in [3.05, 3.63) is 40.4 Å². The molecule has 1 aliphatic heterocycles. The van der Waals surface area contributed by atoms with E-state index in [4.69, 9.17) is 11.6 Å². The minimum Gasteiger partial charge on any atom is -0.604 e. The van der Waals surface area contributed by atoms with Crippen LogP contribution >= 0.6 is 11.6 Å². The molecule has 0 spiro atoms. The van der Waals surface area contributed by atoms with Crippen LogP contribution in [0.25, 0.3) is 0 Å². The maximum absolute atomic E-state index is 14.0. The average Bonchev–Trinajstić information content (AvgIpc) is 3.02. The molecule has 0 bridgehead atoms. The van der Waals surface area contributed by atoms with Gasteiger partial charge in [0.1, 0.15) is 5.82 Å². The van der Waals surface area contributed by atoms with Crippen LogP contribution in [0.2, 0.25) is 5.02 Å². The molecule has 4 nitrogen and oxygen atoms in total. The van der Waals surface area contributed by atoms with Crippen molar-refractivity contribution < 1.29 is 22.1 Å². The summed E-state index contributed by atoms with van der Waals surface area (Å²) in [7, 11) is 0. The fourth-order valence-electron chi connectivity index (χ4n) is 2.35. The van der Waals surface area contributed by atoms with E-state index in [-0.39, 0.29) is 22.8 Å². The first-order chi connectivity index (χ1) is 10.4. The molecule has 10 heteroatoms. The summed E-state index contributed by atoms with van der Waals surface area (Å²) < 4.78 is 65.1. The first kappa shape index (κ1) is 15.6. The summed E-state index contributed by atoms with van der Waals surface area (Å²) in [5, 5.41) is 3.25. The fourth-order valence-corrected chi connectivity index (χ4v) is 3.04. The second-order valence-corrected chi connectivity index (χ2v) is 6.39. The first-order valence-electron chi connectivity index (χ1n) is 6.12. The summed E-state index contributed by atoms with van der Waals surface area (Å²) in [5.41, 5.74) is 0.0770. The smallest absolute Gasteiger partial charge is 0.405 e. The Kier molecular flexibility index (Phi) is 4.04. The lowest BCUT2D eigenvalue weighted by Gasteiger charge is -2.13. The standard InChI is InChI=1S/C12H8ClF4N3OS/c13-5-1-2-7(14)6(3-5)9-4-8(15)10-18-12(19-20(9)10)22(21)11(16)17/h1-3,8-9,11H,4H2. The van der Waals surface area contributed by atoms with Crippen LogP contribution in [0.4, 0.5) is 17.6 Å². The Labute approximate surface area is 130 Å². The van der Waals surface area contributed by atoms with Crippen LogP contribution in [0.15, 0.2) is 23.4 Å². The number of benzene rings is 1. The molecule has 22 heavy (non-hydrogen) atoms. The van der Waals surface area contributed by atoms with Crippen molar-refractivity contribution in [2.45, 2.75) is 29.5 Å². The van der Waals surface area contributed by atoms with Gasteiger partial charge in [0.25, 0.3) is 0 Å². The normalized spacial score (nSPS) is 22.1. The third kappa shape index (κ3) is 2.57. The summed E-state index contributed by atoms with van der Waals surface area (Å²) >= 11 is 3.05. The van der Waals surface area contributed by atoms with Gasteiger partial charge in [0.2, 0.25) is 0 Å². The summed E-state index contributed by atoms with van der Waals surface area (Å²) in [6.07, 6.45) is -1.76. The van der Waals surface area contributed by atoms with Crippen molar-refractivity contribution in [3.63, 3.8) is 0 Å². The molecule has 3 rings (SSSR count). The molecule has 118 valence electrons. The zero-order valence-electron chi connectivity index (χ0n) is 10.7. The Bertz CT molecular complexity index is 714. The van der Waals surface area contributed by atoms with Gasteiger partial charge in [0.05, 0.1) is 17.2 Å². The van der Waals surface area contributed by atoms with Crippen LogP contribution in [0.5, 0.6) is 0 Å². The topological polar surface area (TPSA) is 53.8 Å². The van der Waals surface area contributed by atoms with Crippen molar-refractivity contribution in [2.75, 3.05) is 0 Å². The second kappa shape index (κ2) is 5.71. The van der Waals surface area contributed by atoms with Crippen molar-refractivity contribution in [1.82, 2.24) is 14.8 Å². The molecule has 0 saturated carbocycles. The molecule has 1 aromatic heterocycles. The van der Waals surface area contributed by atoms with E-state index < -0.39 is 40.1 Å². The van der Waals surface area contributed by atoms with Crippen LogP contribution in [0.1, 0.15) is 30.0 Å². The molecular weight excluding hydrogens is 346 g/mol. The van der Waals surface area contributed by atoms with Crippen molar-refractivity contribution >= 4 is 22.8 Å². The lowest BCUT2D eigenvalue weighted by Crippen LogP contribution is -2.15. The van der Waals surface area contributed by atoms with E-state index in [1.165, 1.54) is 12.1 Å². The van der Waals surface area contributed by atoms with E-state index in [0.717, 1.165) is 10.7 Å². The Morgan fingerprint density at radius 2 is 2.14 bits per heavy atom. The van der Waals surface area contributed by atoms with Gasteiger partial charge in [-0.3, -0.25) is 0 Å². The molecule has 0 radical (unpaired) electrons. The number of nitrogens with zero attached hydrogens (tertiary/aromatic N) is 3. The van der Waals surface area contributed by atoms with Gasteiger partial charge in [0.15, 0.2) is 12.0 Å². The Morgan fingerprint density at radius 1 is 1.41 bits per heavy atom. The minimum atomic E-state index is -3.18. The number of hydrogen-bond acceptors (Lipinski definition) is 3. The maximum atomic E-state index is 14.0.